The van der Waals surface area contributed by atoms with Crippen molar-refractivity contribution in [3.8, 4) is 11.3 Å². The Bertz CT molecular complexity index is 1000. The van der Waals surface area contributed by atoms with Crippen LogP contribution in [0.1, 0.15) is 16.8 Å². The van der Waals surface area contributed by atoms with Crippen molar-refractivity contribution >= 4 is 21.1 Å². The van der Waals surface area contributed by atoms with Gasteiger partial charge < -0.3 is 0 Å². The molecule has 0 aliphatic heterocycles. The molecule has 24 heavy (non-hydrogen) atoms. The zero-order chi connectivity index (χ0) is 17.3. The molecule has 0 unspecified atom stereocenters. The summed E-state index contributed by atoms with van der Waals surface area (Å²) in [4.78, 5) is 13.0. The summed E-state index contributed by atoms with van der Waals surface area (Å²) < 4.78 is 24.0. The molecule has 0 atom stereocenters. The van der Waals surface area contributed by atoms with Crippen LogP contribution < -0.4 is 9.86 Å². The average Bonchev–Trinajstić information content (AvgIpc) is 2.53. The van der Waals surface area contributed by atoms with Crippen molar-refractivity contribution in [1.29, 1.82) is 0 Å². The number of fused-ring (bicyclic) bond motifs is 1. The Labute approximate surface area is 140 Å². The summed E-state index contributed by atoms with van der Waals surface area (Å²) in [5, 5.41) is 5.87. The van der Waals surface area contributed by atoms with E-state index in [9.17, 15) is 8.42 Å². The predicted octanol–water partition coefficient (Wildman–Crippen LogP) is 1.60. The lowest BCUT2D eigenvalue weighted by molar-refractivity contribution is 0.582. The Balaban J connectivity index is 1.97. The van der Waals surface area contributed by atoms with Gasteiger partial charge in [0.2, 0.25) is 0 Å². The number of hydrogen-bond donors (Lipinski definition) is 2. The van der Waals surface area contributed by atoms with Crippen LogP contribution in [-0.2, 0) is 16.8 Å². The van der Waals surface area contributed by atoms with Crippen LogP contribution in [0, 0.1) is 13.8 Å². The van der Waals surface area contributed by atoms with Gasteiger partial charge in [-0.2, -0.15) is 13.1 Å². The predicted molar refractivity (Wildman–Crippen MR) is 92.2 cm³/mol. The van der Waals surface area contributed by atoms with Gasteiger partial charge in [0, 0.05) is 17.1 Å². The molecule has 0 radical (unpaired) electrons. The molecule has 2 aromatic heterocycles. The first-order valence-electron chi connectivity index (χ1n) is 7.28. The van der Waals surface area contributed by atoms with Crippen LogP contribution in [0.2, 0.25) is 0 Å². The fourth-order valence-electron chi connectivity index (χ4n) is 2.39. The van der Waals surface area contributed by atoms with Crippen LogP contribution in [0.5, 0.6) is 0 Å². The van der Waals surface area contributed by atoms with E-state index >= 15 is 0 Å². The van der Waals surface area contributed by atoms with Gasteiger partial charge in [0.25, 0.3) is 10.2 Å². The second-order valence-electron chi connectivity index (χ2n) is 5.58. The van der Waals surface area contributed by atoms with E-state index in [-0.39, 0.29) is 6.54 Å². The van der Waals surface area contributed by atoms with Gasteiger partial charge in [0.1, 0.15) is 6.33 Å². The van der Waals surface area contributed by atoms with Crippen molar-refractivity contribution in [2.75, 3.05) is 0 Å². The SMILES string of the molecule is Cc1cc2ncnc(-c3ccc(CNS(N)(=O)=O)nc3)c2cc1C. The van der Waals surface area contributed by atoms with Gasteiger partial charge in [-0.25, -0.2) is 15.1 Å². The van der Waals surface area contributed by atoms with Gasteiger partial charge in [-0.05, 0) is 49.2 Å². The van der Waals surface area contributed by atoms with Crippen LogP contribution in [0.3, 0.4) is 0 Å². The molecular weight excluding hydrogens is 326 g/mol. The average molecular weight is 343 g/mol. The number of benzene rings is 1. The first kappa shape index (κ1) is 16.4. The zero-order valence-electron chi connectivity index (χ0n) is 13.3. The molecule has 0 aliphatic rings. The number of aromatic nitrogens is 3. The maximum atomic E-state index is 10.9. The summed E-state index contributed by atoms with van der Waals surface area (Å²) in [7, 11) is -3.73. The van der Waals surface area contributed by atoms with Crippen LogP contribution in [0.25, 0.3) is 22.2 Å². The molecule has 0 saturated heterocycles. The van der Waals surface area contributed by atoms with Gasteiger partial charge in [0.15, 0.2) is 0 Å². The minimum atomic E-state index is -3.73. The quantitative estimate of drug-likeness (QED) is 0.747. The van der Waals surface area contributed by atoms with E-state index in [0.717, 1.165) is 22.2 Å². The molecule has 3 rings (SSSR count). The molecule has 124 valence electrons. The zero-order valence-corrected chi connectivity index (χ0v) is 14.1. The number of nitrogens with zero attached hydrogens (tertiary/aromatic N) is 3. The van der Waals surface area contributed by atoms with Crippen LogP contribution >= 0.6 is 0 Å². The molecular formula is C16H17N5O2S. The number of pyridine rings is 1. The van der Waals surface area contributed by atoms with Crippen molar-refractivity contribution in [2.45, 2.75) is 20.4 Å². The van der Waals surface area contributed by atoms with Gasteiger partial charge in [-0.1, -0.05) is 0 Å². The van der Waals surface area contributed by atoms with Crippen LogP contribution in [0.15, 0.2) is 36.8 Å². The topological polar surface area (TPSA) is 111 Å². The smallest absolute Gasteiger partial charge is 0.259 e. The summed E-state index contributed by atoms with van der Waals surface area (Å²) in [6.07, 6.45) is 3.19. The first-order valence-corrected chi connectivity index (χ1v) is 8.83. The summed E-state index contributed by atoms with van der Waals surface area (Å²) in [5.74, 6) is 0. The van der Waals surface area contributed by atoms with Crippen molar-refractivity contribution < 1.29 is 8.42 Å². The number of nitrogens with two attached hydrogens (primary N) is 1. The number of aryl methyl sites for hydroxylation is 2. The van der Waals surface area contributed by atoms with Gasteiger partial charge in [-0.3, -0.25) is 4.98 Å². The van der Waals surface area contributed by atoms with E-state index < -0.39 is 10.2 Å². The first-order chi connectivity index (χ1) is 11.3. The Morgan fingerprint density at radius 2 is 1.83 bits per heavy atom. The van der Waals surface area contributed by atoms with Crippen molar-refractivity contribution in [2.24, 2.45) is 5.14 Å². The number of hydrogen-bond acceptors (Lipinski definition) is 5. The maximum absolute atomic E-state index is 10.9. The van der Waals surface area contributed by atoms with Gasteiger partial charge >= 0.3 is 0 Å². The third-order valence-electron chi connectivity index (χ3n) is 3.80. The Morgan fingerprint density at radius 1 is 1.08 bits per heavy atom. The Hall–Kier alpha value is -2.42. The normalized spacial score (nSPS) is 11.8. The highest BCUT2D eigenvalue weighted by atomic mass is 32.2. The third kappa shape index (κ3) is 3.56. The highest BCUT2D eigenvalue weighted by Gasteiger charge is 2.09. The van der Waals surface area contributed by atoms with E-state index in [1.54, 1.807) is 12.3 Å². The summed E-state index contributed by atoms with van der Waals surface area (Å²) in [6, 6.07) is 7.69. The van der Waals surface area contributed by atoms with Crippen molar-refractivity contribution in [3.63, 3.8) is 0 Å². The summed E-state index contributed by atoms with van der Waals surface area (Å²) in [5.41, 5.74) is 5.42. The molecule has 8 heteroatoms. The molecule has 0 spiro atoms. The van der Waals surface area contributed by atoms with Crippen LogP contribution in [-0.4, -0.2) is 23.4 Å². The molecule has 7 nitrogen and oxygen atoms in total. The molecule has 1 aromatic carbocycles. The summed E-state index contributed by atoms with van der Waals surface area (Å²) >= 11 is 0. The monoisotopic (exact) mass is 343 g/mol. The molecule has 3 N–H and O–H groups in total. The van der Waals surface area contributed by atoms with Crippen molar-refractivity contribution in [3.05, 3.63) is 53.6 Å². The molecule has 0 bridgehead atoms. The fourth-order valence-corrected chi connectivity index (χ4v) is 2.74. The van der Waals surface area contributed by atoms with Gasteiger partial charge in [0.05, 0.1) is 23.4 Å². The Kier molecular flexibility index (Phi) is 4.27. The van der Waals surface area contributed by atoms with Crippen LogP contribution in [0.4, 0.5) is 0 Å². The van der Waals surface area contributed by atoms with Gasteiger partial charge in [-0.15, -0.1) is 0 Å². The minimum Gasteiger partial charge on any atom is -0.259 e. The standard InChI is InChI=1S/C16H17N5O2S/c1-10-5-14-15(6-11(10)2)19-9-20-16(14)12-3-4-13(18-7-12)8-21-24(17,22)23/h3-7,9,21H,8H2,1-2H3,(H2,17,22,23). The molecule has 0 saturated carbocycles. The molecule has 3 aromatic rings. The van der Waals surface area contributed by atoms with E-state index in [2.05, 4.69) is 25.7 Å². The molecule has 0 amide bonds. The lowest BCUT2D eigenvalue weighted by atomic mass is 10.0. The number of rotatable bonds is 4. The summed E-state index contributed by atoms with van der Waals surface area (Å²) in [6.45, 7) is 4.14. The largest absolute Gasteiger partial charge is 0.274 e. The number of nitrogens with one attached hydrogen (secondary N) is 1. The maximum Gasteiger partial charge on any atom is 0.274 e. The highest BCUT2D eigenvalue weighted by molar-refractivity contribution is 7.87. The molecule has 2 heterocycles. The Morgan fingerprint density at radius 3 is 2.50 bits per heavy atom. The lowest BCUT2D eigenvalue weighted by Gasteiger charge is -2.08. The second kappa shape index (κ2) is 6.23. The van der Waals surface area contributed by atoms with E-state index in [4.69, 9.17) is 5.14 Å². The third-order valence-corrected chi connectivity index (χ3v) is 4.35. The van der Waals surface area contributed by atoms with E-state index in [1.807, 2.05) is 26.0 Å². The lowest BCUT2D eigenvalue weighted by Crippen LogP contribution is -2.30. The second-order valence-corrected chi connectivity index (χ2v) is 6.96. The molecule has 0 aliphatic carbocycles. The highest BCUT2D eigenvalue weighted by Crippen LogP contribution is 2.27. The minimum absolute atomic E-state index is 0.0436. The van der Waals surface area contributed by atoms with E-state index in [0.29, 0.717) is 5.69 Å². The van der Waals surface area contributed by atoms with E-state index in [1.165, 1.54) is 17.5 Å². The molecule has 0 fully saturated rings. The fraction of sp³-hybridized carbons (Fsp3) is 0.188. The van der Waals surface area contributed by atoms with Crippen molar-refractivity contribution in [1.82, 2.24) is 19.7 Å².